The number of esters is 1. The second-order valence-corrected chi connectivity index (χ2v) is 20.3. The zero-order valence-electron chi connectivity index (χ0n) is 39.3. The summed E-state index contributed by atoms with van der Waals surface area (Å²) in [5.41, 5.74) is 5.36. The van der Waals surface area contributed by atoms with Crippen molar-refractivity contribution in [1.82, 2.24) is 40.1 Å². The van der Waals surface area contributed by atoms with E-state index in [2.05, 4.69) is 32.5 Å². The second-order valence-electron chi connectivity index (χ2n) is 19.4. The van der Waals surface area contributed by atoms with Gasteiger partial charge in [-0.3, -0.25) is 34.1 Å². The van der Waals surface area contributed by atoms with Crippen LogP contribution in [0.25, 0.3) is 33.4 Å². The van der Waals surface area contributed by atoms with E-state index in [-0.39, 0.29) is 56.6 Å². The van der Waals surface area contributed by atoms with Crippen LogP contribution in [0, 0.1) is 17.3 Å². The minimum Gasteiger partial charge on any atom is -0.464 e. The minimum atomic E-state index is -4.58. The molecule has 1 aromatic carbocycles. The Hall–Kier alpha value is -5.39. The lowest BCUT2D eigenvalue weighted by molar-refractivity contribution is -0.155. The molecule has 3 amide bonds. The van der Waals surface area contributed by atoms with Crippen molar-refractivity contribution in [2.45, 2.75) is 116 Å². The van der Waals surface area contributed by atoms with E-state index in [1.807, 2.05) is 39.1 Å². The first-order chi connectivity index (χ1) is 32.3. The third-order valence-corrected chi connectivity index (χ3v) is 14.0. The van der Waals surface area contributed by atoms with Crippen LogP contribution in [0.4, 0.5) is 13.2 Å². The van der Waals surface area contributed by atoms with Crippen LogP contribution in [-0.2, 0) is 52.8 Å². The fraction of sp³-hybridized carbons (Fsp3) is 0.551. The predicted octanol–water partition coefficient (Wildman–Crippen LogP) is 5.85. The molecular weight excluding hydrogens is 902 g/mol. The van der Waals surface area contributed by atoms with Gasteiger partial charge in [-0.05, 0) is 82.2 Å². The number of hydrogen-bond donors (Lipinski definition) is 2. The predicted molar refractivity (Wildman–Crippen MR) is 249 cm³/mol. The van der Waals surface area contributed by atoms with Crippen LogP contribution < -0.4 is 10.7 Å². The van der Waals surface area contributed by atoms with Gasteiger partial charge in [0.2, 0.25) is 5.91 Å². The van der Waals surface area contributed by atoms with Crippen molar-refractivity contribution in [3.05, 3.63) is 58.2 Å². The van der Waals surface area contributed by atoms with Gasteiger partial charge in [-0.1, -0.05) is 25.8 Å². The number of fused-ring (bicyclic) bond motifs is 6. The van der Waals surface area contributed by atoms with Gasteiger partial charge in [0.05, 0.1) is 53.1 Å². The Labute approximate surface area is 398 Å². The van der Waals surface area contributed by atoms with Crippen molar-refractivity contribution in [2.75, 3.05) is 53.0 Å². The lowest BCUT2D eigenvalue weighted by Gasteiger charge is -2.41. The molecule has 364 valence electrons. The number of halogens is 3. The van der Waals surface area contributed by atoms with Gasteiger partial charge >= 0.3 is 12.1 Å². The summed E-state index contributed by atoms with van der Waals surface area (Å²) in [5, 5.41) is 7.17. The van der Waals surface area contributed by atoms with E-state index in [4.69, 9.17) is 19.2 Å². The third kappa shape index (κ3) is 11.0. The molecule has 0 aliphatic carbocycles. The standard InChI is InChI=1S/C49H59F3N8O7S/c1-30(65-6)43-33(10-7-17-53-43)44-35-24-47(2,3)29-67-46(64)36-11-8-20-60(56-36)45(63)37(23-41-55-38(27-68-41)31-12-13-39(34(35)22-31)59(44)28-49(50,51)52)54-40(61)15-21-66-32-25-57(26-32)42(62)14-16-48(4,5)58-18-9-19-58/h7,10,12-13,17,22,27,30,32,36-37,56H,8-9,11,15,18-21,23-26,28-29H2,1-6H3,(H,54,61)/t30-,36-,37-/m0/s1. The zero-order valence-corrected chi connectivity index (χ0v) is 40.2. The molecule has 2 N–H and O–H groups in total. The van der Waals surface area contributed by atoms with E-state index in [9.17, 15) is 32.3 Å². The Bertz CT molecular complexity index is 2610. The second kappa shape index (κ2) is 19.9. The molecule has 15 nitrogen and oxygen atoms in total. The number of benzene rings is 1. The molecule has 3 aromatic heterocycles. The first kappa shape index (κ1) is 49.0. The highest BCUT2D eigenvalue weighted by atomic mass is 32.1. The van der Waals surface area contributed by atoms with Crippen LogP contribution in [0.2, 0.25) is 0 Å². The van der Waals surface area contributed by atoms with Gasteiger partial charge in [0.1, 0.15) is 18.6 Å². The molecule has 4 aromatic rings. The number of ether oxygens (including phenoxy) is 3. The molecule has 4 aliphatic rings. The highest BCUT2D eigenvalue weighted by molar-refractivity contribution is 7.10. The summed E-state index contributed by atoms with van der Waals surface area (Å²) in [6.45, 7) is 11.3. The number of rotatable bonds is 10. The molecule has 6 bridgehead atoms. The molecule has 3 atom stereocenters. The summed E-state index contributed by atoms with van der Waals surface area (Å²) in [7, 11) is 1.52. The number of thiazole rings is 1. The number of alkyl halides is 3. The van der Waals surface area contributed by atoms with Gasteiger partial charge < -0.3 is 29.0 Å². The van der Waals surface area contributed by atoms with Gasteiger partial charge in [-0.15, -0.1) is 11.3 Å². The maximum atomic E-state index is 14.6. The Morgan fingerprint density at radius 3 is 2.62 bits per heavy atom. The molecule has 19 heteroatoms. The summed E-state index contributed by atoms with van der Waals surface area (Å²) < 4.78 is 62.6. The van der Waals surface area contributed by atoms with Crippen molar-refractivity contribution >= 4 is 45.9 Å². The average molecular weight is 961 g/mol. The first-order valence-corrected chi connectivity index (χ1v) is 24.0. The Morgan fingerprint density at radius 2 is 1.90 bits per heavy atom. The summed E-state index contributed by atoms with van der Waals surface area (Å²) in [6.07, 6.45) is -1.60. The number of hydrazine groups is 1. The van der Waals surface area contributed by atoms with E-state index in [1.54, 1.807) is 42.3 Å². The van der Waals surface area contributed by atoms with Crippen LogP contribution in [0.1, 0.15) is 82.7 Å². The number of nitrogens with zero attached hydrogens (tertiary/aromatic N) is 6. The summed E-state index contributed by atoms with van der Waals surface area (Å²) in [5.74, 6) is 4.14. The van der Waals surface area contributed by atoms with E-state index in [0.717, 1.165) is 19.5 Å². The Kier molecular flexibility index (Phi) is 14.4. The number of aromatic nitrogens is 3. The summed E-state index contributed by atoms with van der Waals surface area (Å²) in [4.78, 5) is 67.6. The van der Waals surface area contributed by atoms with E-state index in [1.165, 1.54) is 28.0 Å². The topological polar surface area (TPSA) is 160 Å². The number of hydrogen-bond acceptors (Lipinski definition) is 12. The molecule has 68 heavy (non-hydrogen) atoms. The third-order valence-electron chi connectivity index (χ3n) is 13.1. The Balaban J connectivity index is 1.06. The van der Waals surface area contributed by atoms with Crippen molar-refractivity contribution in [2.24, 2.45) is 5.41 Å². The lowest BCUT2D eigenvalue weighted by Crippen LogP contribution is -2.60. The maximum Gasteiger partial charge on any atom is 0.406 e. The number of carbonyl (C=O) groups excluding carboxylic acids is 4. The molecule has 0 saturated carbocycles. The molecule has 0 radical (unpaired) electrons. The van der Waals surface area contributed by atoms with E-state index in [0.29, 0.717) is 75.6 Å². The molecule has 4 aliphatic heterocycles. The first-order valence-electron chi connectivity index (χ1n) is 23.2. The molecule has 0 unspecified atom stereocenters. The largest absolute Gasteiger partial charge is 0.464 e. The number of pyridine rings is 1. The maximum absolute atomic E-state index is 14.6. The SMILES string of the molecule is CO[C@@H](C)c1ncccc1-c1c2c3cc(ccc3n1CC(F)(F)F)-c1csc(n1)C[C@H](NC(=O)CCOC1CN(C(=O)C#CC(C)(C)N3CCC3)C1)C(=O)N1CCC[C@H](N1)C(=O)OCC(C)(C)C2. The monoisotopic (exact) mass is 960 g/mol. The average Bonchev–Trinajstić information content (AvgIpc) is 3.84. The van der Waals surface area contributed by atoms with Gasteiger partial charge in [0, 0.05) is 91.7 Å². The van der Waals surface area contributed by atoms with E-state index < -0.39 is 54.1 Å². The number of nitrogens with one attached hydrogen (secondary N) is 2. The Morgan fingerprint density at radius 1 is 1.12 bits per heavy atom. The molecule has 0 spiro atoms. The minimum absolute atomic E-state index is 0.0218. The van der Waals surface area contributed by atoms with Crippen molar-refractivity contribution in [3.63, 3.8) is 0 Å². The number of cyclic esters (lactones) is 1. The lowest BCUT2D eigenvalue weighted by atomic mass is 9.84. The highest BCUT2D eigenvalue weighted by Crippen LogP contribution is 2.43. The van der Waals surface area contributed by atoms with Gasteiger partial charge in [0.15, 0.2) is 0 Å². The molecule has 3 fully saturated rings. The van der Waals surface area contributed by atoms with Crippen LogP contribution in [0.3, 0.4) is 0 Å². The van der Waals surface area contributed by atoms with Gasteiger partial charge in [0.25, 0.3) is 11.8 Å². The highest BCUT2D eigenvalue weighted by Gasteiger charge is 2.38. The van der Waals surface area contributed by atoms with E-state index >= 15 is 0 Å². The molecule has 7 heterocycles. The fourth-order valence-corrected chi connectivity index (χ4v) is 9.96. The number of likely N-dealkylation sites (tertiary alicyclic amines) is 2. The summed E-state index contributed by atoms with van der Waals surface area (Å²) >= 11 is 1.29. The smallest absolute Gasteiger partial charge is 0.406 e. The molecular formula is C49H59F3N8O7S. The number of carbonyl (C=O) groups is 4. The quantitative estimate of drug-likeness (QED) is 0.145. The van der Waals surface area contributed by atoms with Crippen molar-refractivity contribution < 1.29 is 46.6 Å². The van der Waals surface area contributed by atoms with Crippen molar-refractivity contribution in [1.29, 1.82) is 0 Å². The molecule has 3 saturated heterocycles. The fourth-order valence-electron chi connectivity index (χ4n) is 9.11. The number of methoxy groups -OCH3 is 1. The number of amides is 3. The van der Waals surface area contributed by atoms with Crippen molar-refractivity contribution in [3.8, 4) is 34.4 Å². The summed E-state index contributed by atoms with van der Waals surface area (Å²) in [6, 6.07) is 6.74. The van der Waals surface area contributed by atoms with Crippen LogP contribution in [0.15, 0.2) is 41.9 Å². The van der Waals surface area contributed by atoms with Crippen LogP contribution >= 0.6 is 11.3 Å². The zero-order chi connectivity index (χ0) is 48.5. The molecule has 8 rings (SSSR count). The van der Waals surface area contributed by atoms with Crippen LogP contribution in [-0.4, -0.2) is 136 Å². The normalized spacial score (nSPS) is 21.0. The van der Waals surface area contributed by atoms with Gasteiger partial charge in [-0.2, -0.15) is 13.2 Å². The van der Waals surface area contributed by atoms with Gasteiger partial charge in [-0.25, -0.2) is 10.4 Å². The van der Waals surface area contributed by atoms with Crippen LogP contribution in [0.5, 0.6) is 0 Å².